The summed E-state index contributed by atoms with van der Waals surface area (Å²) in [6.45, 7) is 6.08. The second-order valence-electron chi connectivity index (χ2n) is 5.00. The Balaban J connectivity index is 2.27. The van der Waals surface area contributed by atoms with Crippen LogP contribution < -0.4 is 10.6 Å². The summed E-state index contributed by atoms with van der Waals surface area (Å²) in [7, 11) is 2.11. The lowest BCUT2D eigenvalue weighted by Crippen LogP contribution is -2.55. The first kappa shape index (κ1) is 12.2. The van der Waals surface area contributed by atoms with E-state index in [0.717, 1.165) is 13.1 Å². The van der Waals surface area contributed by atoms with Crippen LogP contribution in [0.5, 0.6) is 0 Å². The van der Waals surface area contributed by atoms with Crippen molar-refractivity contribution in [1.29, 1.82) is 0 Å². The van der Waals surface area contributed by atoms with E-state index in [2.05, 4.69) is 30.7 Å². The molecule has 0 saturated carbocycles. The molecule has 17 heavy (non-hydrogen) atoms. The van der Waals surface area contributed by atoms with Crippen LogP contribution in [0.15, 0.2) is 18.2 Å². The van der Waals surface area contributed by atoms with Crippen LogP contribution in [0.25, 0.3) is 0 Å². The van der Waals surface area contributed by atoms with Gasteiger partial charge in [0.25, 0.3) is 0 Å². The van der Waals surface area contributed by atoms with E-state index in [9.17, 15) is 4.39 Å². The van der Waals surface area contributed by atoms with Crippen molar-refractivity contribution in [1.82, 2.24) is 4.90 Å². The van der Waals surface area contributed by atoms with Crippen molar-refractivity contribution in [3.8, 4) is 0 Å². The lowest BCUT2D eigenvalue weighted by Gasteiger charge is -2.43. The standard InChI is InChI=1S/C13H20FN3/c1-9-8-17(10(2)7-16(9)3)13-5-4-11(15)6-12(13)14/h4-6,9-10H,7-8,15H2,1-3H3/t9-,10+/m0/s1. The minimum absolute atomic E-state index is 0.228. The Kier molecular flexibility index (Phi) is 3.24. The average Bonchev–Trinajstić information content (AvgIpc) is 2.24. The summed E-state index contributed by atoms with van der Waals surface area (Å²) >= 11 is 0. The molecule has 2 N–H and O–H groups in total. The molecular formula is C13H20FN3. The molecule has 2 rings (SSSR count). The molecule has 94 valence electrons. The highest BCUT2D eigenvalue weighted by Gasteiger charge is 2.28. The summed E-state index contributed by atoms with van der Waals surface area (Å²) in [5.74, 6) is -0.228. The van der Waals surface area contributed by atoms with E-state index in [1.165, 1.54) is 6.07 Å². The third-order valence-corrected chi connectivity index (χ3v) is 3.58. The molecule has 2 atom stereocenters. The van der Waals surface area contributed by atoms with Gasteiger partial charge in [0, 0.05) is 30.9 Å². The maximum Gasteiger partial charge on any atom is 0.148 e. The summed E-state index contributed by atoms with van der Waals surface area (Å²) in [6, 6.07) is 5.68. The number of nitrogen functional groups attached to an aromatic ring is 1. The molecule has 0 aromatic heterocycles. The molecule has 0 unspecified atom stereocenters. The number of likely N-dealkylation sites (N-methyl/N-ethyl adjacent to an activating group) is 1. The highest BCUT2D eigenvalue weighted by atomic mass is 19.1. The highest BCUT2D eigenvalue weighted by Crippen LogP contribution is 2.26. The van der Waals surface area contributed by atoms with Crippen molar-refractivity contribution in [2.24, 2.45) is 0 Å². The predicted molar refractivity (Wildman–Crippen MR) is 69.7 cm³/mol. The van der Waals surface area contributed by atoms with Crippen molar-refractivity contribution in [3.05, 3.63) is 24.0 Å². The lowest BCUT2D eigenvalue weighted by molar-refractivity contribution is 0.205. The Labute approximate surface area is 102 Å². The van der Waals surface area contributed by atoms with Crippen molar-refractivity contribution in [2.75, 3.05) is 30.8 Å². The van der Waals surface area contributed by atoms with Gasteiger partial charge in [0.2, 0.25) is 0 Å². The first-order valence-corrected chi connectivity index (χ1v) is 6.01. The third kappa shape index (κ3) is 2.36. The topological polar surface area (TPSA) is 32.5 Å². The van der Waals surface area contributed by atoms with E-state index in [4.69, 9.17) is 5.73 Å². The summed E-state index contributed by atoms with van der Waals surface area (Å²) in [5.41, 5.74) is 6.71. The molecule has 1 aliphatic heterocycles. The smallest absolute Gasteiger partial charge is 0.148 e. The number of benzene rings is 1. The van der Waals surface area contributed by atoms with E-state index < -0.39 is 0 Å². The fourth-order valence-corrected chi connectivity index (χ4v) is 2.39. The van der Waals surface area contributed by atoms with Gasteiger partial charge < -0.3 is 10.6 Å². The molecule has 4 heteroatoms. The summed E-state index contributed by atoms with van der Waals surface area (Å²) in [5, 5.41) is 0. The molecule has 1 saturated heterocycles. The summed E-state index contributed by atoms with van der Waals surface area (Å²) < 4.78 is 13.9. The van der Waals surface area contributed by atoms with Gasteiger partial charge >= 0.3 is 0 Å². The zero-order valence-electron chi connectivity index (χ0n) is 10.7. The number of halogens is 1. The largest absolute Gasteiger partial charge is 0.399 e. The van der Waals surface area contributed by atoms with E-state index in [0.29, 0.717) is 23.5 Å². The number of nitrogens with two attached hydrogens (primary N) is 1. The monoisotopic (exact) mass is 237 g/mol. The molecule has 0 bridgehead atoms. The molecule has 0 amide bonds. The average molecular weight is 237 g/mol. The highest BCUT2D eigenvalue weighted by molar-refractivity contribution is 5.55. The molecule has 0 radical (unpaired) electrons. The first-order valence-electron chi connectivity index (χ1n) is 6.01. The zero-order chi connectivity index (χ0) is 12.6. The molecule has 1 aromatic rings. The predicted octanol–water partition coefficient (Wildman–Crippen LogP) is 1.94. The maximum atomic E-state index is 13.9. The summed E-state index contributed by atoms with van der Waals surface area (Å²) in [6.07, 6.45) is 0. The van der Waals surface area contributed by atoms with Crippen LogP contribution in [0.1, 0.15) is 13.8 Å². The Morgan fingerprint density at radius 1 is 1.24 bits per heavy atom. The van der Waals surface area contributed by atoms with Crippen LogP contribution in [0.4, 0.5) is 15.8 Å². The normalized spacial score (nSPS) is 26.2. The van der Waals surface area contributed by atoms with Crippen LogP contribution in [0.2, 0.25) is 0 Å². The van der Waals surface area contributed by atoms with Gasteiger partial charge in [-0.3, -0.25) is 4.90 Å². The zero-order valence-corrected chi connectivity index (χ0v) is 10.7. The van der Waals surface area contributed by atoms with Gasteiger partial charge in [-0.05, 0) is 39.1 Å². The Morgan fingerprint density at radius 3 is 2.59 bits per heavy atom. The van der Waals surface area contributed by atoms with E-state index in [1.54, 1.807) is 12.1 Å². The second kappa shape index (κ2) is 4.53. The molecular weight excluding hydrogens is 217 g/mol. The quantitative estimate of drug-likeness (QED) is 0.758. The van der Waals surface area contributed by atoms with Crippen LogP contribution >= 0.6 is 0 Å². The minimum atomic E-state index is -0.228. The van der Waals surface area contributed by atoms with Crippen molar-refractivity contribution in [2.45, 2.75) is 25.9 Å². The second-order valence-corrected chi connectivity index (χ2v) is 5.00. The SMILES string of the molecule is C[C@@H]1CN(C)[C@@H](C)CN1c1ccc(N)cc1F. The van der Waals surface area contributed by atoms with Gasteiger partial charge in [0.1, 0.15) is 5.82 Å². The number of anilines is 2. The Hall–Kier alpha value is -1.29. The fraction of sp³-hybridized carbons (Fsp3) is 0.538. The van der Waals surface area contributed by atoms with E-state index in [1.807, 2.05) is 0 Å². The number of nitrogens with zero attached hydrogens (tertiary/aromatic N) is 2. The van der Waals surface area contributed by atoms with E-state index in [-0.39, 0.29) is 5.82 Å². The van der Waals surface area contributed by atoms with Crippen molar-refractivity contribution in [3.63, 3.8) is 0 Å². The molecule has 1 aromatic carbocycles. The van der Waals surface area contributed by atoms with Gasteiger partial charge in [-0.25, -0.2) is 4.39 Å². The molecule has 1 heterocycles. The molecule has 1 fully saturated rings. The van der Waals surface area contributed by atoms with Gasteiger partial charge in [-0.1, -0.05) is 0 Å². The number of hydrogen-bond acceptors (Lipinski definition) is 3. The number of rotatable bonds is 1. The maximum absolute atomic E-state index is 13.9. The van der Waals surface area contributed by atoms with Crippen LogP contribution in [-0.4, -0.2) is 37.1 Å². The molecule has 3 nitrogen and oxygen atoms in total. The Morgan fingerprint density at radius 2 is 1.94 bits per heavy atom. The summed E-state index contributed by atoms with van der Waals surface area (Å²) in [4.78, 5) is 4.43. The van der Waals surface area contributed by atoms with Crippen LogP contribution in [0, 0.1) is 5.82 Å². The van der Waals surface area contributed by atoms with Gasteiger partial charge in [-0.2, -0.15) is 0 Å². The molecule has 1 aliphatic rings. The number of hydrogen-bond donors (Lipinski definition) is 1. The van der Waals surface area contributed by atoms with Crippen molar-refractivity contribution < 1.29 is 4.39 Å². The molecule has 0 aliphatic carbocycles. The lowest BCUT2D eigenvalue weighted by atomic mass is 10.1. The van der Waals surface area contributed by atoms with Gasteiger partial charge in [0.05, 0.1) is 5.69 Å². The Bertz CT molecular complexity index is 408. The molecule has 0 spiro atoms. The van der Waals surface area contributed by atoms with Gasteiger partial charge in [-0.15, -0.1) is 0 Å². The van der Waals surface area contributed by atoms with Crippen LogP contribution in [0.3, 0.4) is 0 Å². The third-order valence-electron chi connectivity index (χ3n) is 3.58. The van der Waals surface area contributed by atoms with Gasteiger partial charge in [0.15, 0.2) is 0 Å². The van der Waals surface area contributed by atoms with E-state index >= 15 is 0 Å². The first-order chi connectivity index (χ1) is 7.99. The fourth-order valence-electron chi connectivity index (χ4n) is 2.39. The number of piperazine rings is 1. The van der Waals surface area contributed by atoms with Crippen LogP contribution in [-0.2, 0) is 0 Å². The van der Waals surface area contributed by atoms with Crippen molar-refractivity contribution >= 4 is 11.4 Å². The minimum Gasteiger partial charge on any atom is -0.399 e.